The van der Waals surface area contributed by atoms with Crippen LogP contribution >= 0.6 is 11.6 Å². The van der Waals surface area contributed by atoms with Gasteiger partial charge in [-0.15, -0.1) is 0 Å². The van der Waals surface area contributed by atoms with Gasteiger partial charge < -0.3 is 60.0 Å². The number of imidazole rings is 4. The number of alkyl halides is 9. The molecule has 19 rings (SSSR count). The summed E-state index contributed by atoms with van der Waals surface area (Å²) in [5, 5.41) is 19.8. The summed E-state index contributed by atoms with van der Waals surface area (Å²) in [5.41, 5.74) is 2.63. The zero-order valence-electron chi connectivity index (χ0n) is 79.4. The third-order valence-electron chi connectivity index (χ3n) is 26.6. The number of halogens is 10. The van der Waals surface area contributed by atoms with E-state index in [2.05, 4.69) is 142 Å². The molecule has 139 heavy (non-hydrogen) atoms. The van der Waals surface area contributed by atoms with Gasteiger partial charge in [0.1, 0.15) is 23.3 Å². The third-order valence-corrected chi connectivity index (χ3v) is 26.9. The summed E-state index contributed by atoms with van der Waals surface area (Å²) in [5.74, 6) is 4.76. The van der Waals surface area contributed by atoms with Gasteiger partial charge in [0, 0.05) is 91.4 Å². The van der Waals surface area contributed by atoms with Crippen molar-refractivity contribution in [2.45, 2.75) is 224 Å². The lowest BCUT2D eigenvalue weighted by Crippen LogP contribution is -2.48. The van der Waals surface area contributed by atoms with Crippen molar-refractivity contribution in [3.8, 4) is 22.7 Å². The molecule has 7 aliphatic rings. The summed E-state index contributed by atoms with van der Waals surface area (Å²) in [6.45, 7) is 28.6. The van der Waals surface area contributed by atoms with E-state index in [1.54, 1.807) is 109 Å². The molecule has 3 spiro atoms. The van der Waals surface area contributed by atoms with E-state index in [1.165, 1.54) is 42.7 Å². The van der Waals surface area contributed by atoms with Crippen molar-refractivity contribution in [1.82, 2.24) is 98.5 Å². The zero-order chi connectivity index (χ0) is 99.7. The summed E-state index contributed by atoms with van der Waals surface area (Å²) in [7, 11) is 3.77. The maximum absolute atomic E-state index is 13.1. The number of hydrogen-bond donors (Lipinski definition) is 6. The van der Waals surface area contributed by atoms with E-state index >= 15 is 0 Å². The lowest BCUT2D eigenvalue weighted by atomic mass is 9.87. The average molecular weight is 1940 g/mol. The number of amides is 8. The van der Waals surface area contributed by atoms with Crippen LogP contribution in [0.1, 0.15) is 199 Å². The molecule has 3 saturated carbocycles. The molecule has 0 radical (unpaired) electrons. The van der Waals surface area contributed by atoms with Crippen LogP contribution in [-0.4, -0.2) is 172 Å². The minimum atomic E-state index is -4.38. The van der Waals surface area contributed by atoms with Crippen molar-refractivity contribution in [1.29, 1.82) is 0 Å². The molecule has 8 amide bonds. The quantitative estimate of drug-likeness (QED) is 0.0306. The molecule has 8 atom stereocenters. The van der Waals surface area contributed by atoms with Crippen LogP contribution in [-0.2, 0) is 18.5 Å². The number of rotatable bonds is 24. The van der Waals surface area contributed by atoms with Crippen molar-refractivity contribution in [2.24, 2.45) is 23.7 Å². The van der Waals surface area contributed by atoms with E-state index in [-0.39, 0.29) is 107 Å². The summed E-state index contributed by atoms with van der Waals surface area (Å²) < 4.78 is 122. The van der Waals surface area contributed by atoms with Crippen LogP contribution in [0.15, 0.2) is 196 Å². The molecule has 7 fully saturated rings. The van der Waals surface area contributed by atoms with Crippen molar-refractivity contribution >= 4 is 82.8 Å². The van der Waals surface area contributed by atoms with Crippen LogP contribution < -0.4 is 51.5 Å². The van der Waals surface area contributed by atoms with Gasteiger partial charge in [0.25, 0.3) is 0 Å². The lowest BCUT2D eigenvalue weighted by Gasteiger charge is -2.33. The molecule has 4 saturated heterocycles. The summed E-state index contributed by atoms with van der Waals surface area (Å²) in [4.78, 5) is 116. The molecule has 12 aromatic rings. The molecule has 8 aromatic heterocycles. The smallest absolute Gasteiger partial charge is 0.346 e. The number of urea groups is 4. The van der Waals surface area contributed by atoms with Gasteiger partial charge in [0.15, 0.2) is 0 Å². The van der Waals surface area contributed by atoms with E-state index < -0.39 is 40.8 Å². The van der Waals surface area contributed by atoms with Crippen LogP contribution in [0.2, 0.25) is 5.02 Å². The van der Waals surface area contributed by atoms with Gasteiger partial charge in [-0.2, -0.15) is 59.4 Å². The van der Waals surface area contributed by atoms with Crippen LogP contribution in [0.4, 0.5) is 106 Å². The van der Waals surface area contributed by atoms with Gasteiger partial charge in [0.2, 0.25) is 23.8 Å². The maximum Gasteiger partial charge on any atom is 0.416 e. The summed E-state index contributed by atoms with van der Waals surface area (Å²) in [6, 6.07) is 27.9. The number of nitrogens with zero attached hydrogens (tertiary/aromatic N) is 22. The number of benzene rings is 4. The number of carbonyl (C=O) groups excluding carboxylic acids is 4. The molecular weight excluding hydrogens is 1830 g/mol. The SMILES string of the molecule is CC(C)[C@@H]1N(c2ccnc(N[C@@H](C)c3cn(-c4ccc(C(F)(F)F)cc4)cn3)n2)C(=O)N(C)C12CC2.CC(C)[C@@H]1N(c2ccnc(N[C@@H](C)c3cn(-c4ccc(C(F)(F)F)cc4)cn3)n2)C(=O)NC1(C)C.CC(C)[C@@H]1N(c2ccnc(N[C@@H](C)c3cn(-c4ccc(C(F)(F)F)cc4)cn3)n2)C(=O)NC12CC2.CC(C)[C@@H]1N(c2ccnc(N[C@@H](C)c3cn(-c4ccc(Cl)cc4)cn3)n2)C(=O)N(C)C12CC2. The Bertz CT molecular complexity index is 6230. The first-order valence-electron chi connectivity index (χ1n) is 45.9. The van der Waals surface area contributed by atoms with Gasteiger partial charge >= 0.3 is 42.7 Å². The second-order valence-corrected chi connectivity index (χ2v) is 38.7. The van der Waals surface area contributed by atoms with E-state index in [0.29, 0.717) is 92.1 Å². The highest BCUT2D eigenvalue weighted by Gasteiger charge is 2.66. The lowest BCUT2D eigenvalue weighted by molar-refractivity contribution is -0.138. The summed E-state index contributed by atoms with van der Waals surface area (Å²) in [6.07, 6.45) is 13.0. The highest BCUT2D eigenvalue weighted by atomic mass is 35.5. The second kappa shape index (κ2) is 38.1. The molecule has 4 aromatic carbocycles. The van der Waals surface area contributed by atoms with Crippen LogP contribution in [0.25, 0.3) is 22.7 Å². The molecule has 4 aliphatic heterocycles. The molecule has 3 aliphatic carbocycles. The molecular formula is C97H110ClF9N28O4. The predicted octanol–water partition coefficient (Wildman–Crippen LogP) is 20.3. The summed E-state index contributed by atoms with van der Waals surface area (Å²) >= 11 is 5.99. The van der Waals surface area contributed by atoms with Gasteiger partial charge in [-0.05, 0) is 225 Å². The molecule has 0 unspecified atom stereocenters. The van der Waals surface area contributed by atoms with E-state index in [1.807, 2.05) is 111 Å². The van der Waals surface area contributed by atoms with Gasteiger partial charge in [-0.3, -0.25) is 19.6 Å². The van der Waals surface area contributed by atoms with E-state index in [9.17, 15) is 58.7 Å². The Hall–Kier alpha value is -14.0. The Labute approximate surface area is 802 Å². The fourth-order valence-corrected chi connectivity index (χ4v) is 19.7. The number of aromatic nitrogens is 16. The molecule has 732 valence electrons. The van der Waals surface area contributed by atoms with Crippen molar-refractivity contribution in [2.75, 3.05) is 55.0 Å². The standard InChI is InChI=1S/C25H28F3N7O.C24H28ClN7O.C24H26F3N7O.C24H28F3N7O/c1-15(2)21-24(10-11-24)33(4)23(36)35(21)20-9-12-29-22(32-20)31-16(3)19-13-34(14-30-19)18-7-5-17(6-8-18)25(26,27)28;1-15(2)21-24(10-11-24)30(4)23(33)32(21)20-9-12-26-22(29-20)28-16(3)19-13-31(14-27-19)18-7-5-17(25)6-8-18;1-14(2)20-23(9-10-23)32-22(35)34(20)19-8-11-28-21(31-19)30-15(3)18-12-33(13-29-18)17-6-4-16(5-7-17)24(25,26)27;1-14(2)20-23(4,5)32-22(35)34(20)19-10-11-28-21(31-19)30-15(3)18-12-33(13-29-18)17-8-6-16(7-9-17)24(25,26)27/h5-9,12-16,21H,10-11H2,1-4H3,(H,29,31,32);5-9,12-16,21H,10-11H2,1-4H3,(H,26,28,29);4-8,11-15,20H,9-10H2,1-3H3,(H,32,35)(H,28,30,31);6-15,20H,1-5H3,(H,32,35)(H,28,30,31)/t2*16-,21-;2*15-,20-/m0000/s1. The molecule has 12 heterocycles. The zero-order valence-corrected chi connectivity index (χ0v) is 80.2. The highest BCUT2D eigenvalue weighted by Crippen LogP contribution is 2.56. The Morgan fingerprint density at radius 1 is 0.345 bits per heavy atom. The minimum absolute atomic E-state index is 0.00519. The highest BCUT2D eigenvalue weighted by molar-refractivity contribution is 6.30. The maximum atomic E-state index is 13.1. The second-order valence-electron chi connectivity index (χ2n) is 38.2. The van der Waals surface area contributed by atoms with Crippen molar-refractivity contribution in [3.63, 3.8) is 0 Å². The van der Waals surface area contributed by atoms with E-state index in [0.717, 1.165) is 86.3 Å². The number of anilines is 8. The first-order valence-corrected chi connectivity index (χ1v) is 46.3. The molecule has 6 N–H and O–H groups in total. The molecule has 0 bridgehead atoms. The monoisotopic (exact) mass is 1940 g/mol. The van der Waals surface area contributed by atoms with Crippen molar-refractivity contribution < 1.29 is 58.7 Å². The first kappa shape index (κ1) is 98.0. The van der Waals surface area contributed by atoms with Crippen LogP contribution in [0.3, 0.4) is 0 Å². The van der Waals surface area contributed by atoms with Crippen LogP contribution in [0.5, 0.6) is 0 Å². The number of nitrogens with one attached hydrogen (secondary N) is 6. The third kappa shape index (κ3) is 20.4. The van der Waals surface area contributed by atoms with Gasteiger partial charge in [-0.1, -0.05) is 67.0 Å². The number of carbonyl (C=O) groups is 4. The fraction of sp³-hybridized carbons (Fsp3) is 0.423. The predicted molar refractivity (Wildman–Crippen MR) is 508 cm³/mol. The number of hydrogen-bond acceptors (Lipinski definition) is 20. The number of likely N-dealkylation sites (N-methyl/N-ethyl adjacent to an activating group) is 2. The Morgan fingerprint density at radius 3 is 0.863 bits per heavy atom. The Balaban J connectivity index is 0.000000134. The van der Waals surface area contributed by atoms with Gasteiger partial charge in [0.05, 0.1) is 135 Å². The Morgan fingerprint density at radius 2 is 0.604 bits per heavy atom. The molecule has 42 heteroatoms. The molecule has 32 nitrogen and oxygen atoms in total. The van der Waals surface area contributed by atoms with Crippen molar-refractivity contribution in [3.05, 3.63) is 241 Å². The normalized spacial score (nSPS) is 19.6. The van der Waals surface area contributed by atoms with Gasteiger partial charge in [-0.25, -0.2) is 59.0 Å². The minimum Gasteiger partial charge on any atom is -0.346 e. The topological polar surface area (TPSA) is 334 Å². The average Bonchev–Trinajstić information content (AvgIpc) is 1.54. The van der Waals surface area contributed by atoms with Crippen LogP contribution in [0, 0.1) is 23.7 Å². The Kier molecular flexibility index (Phi) is 26.8. The fourth-order valence-electron chi connectivity index (χ4n) is 19.5. The van der Waals surface area contributed by atoms with E-state index in [4.69, 9.17) is 16.6 Å². The largest absolute Gasteiger partial charge is 0.416 e. The first-order chi connectivity index (χ1) is 65.7.